The van der Waals surface area contributed by atoms with Crippen molar-refractivity contribution >= 4 is 44.2 Å². The fraction of sp³-hybridized carbons (Fsp3) is 0.364. The highest BCUT2D eigenvalue weighted by Gasteiger charge is 2.21. The molecule has 0 aromatic carbocycles. The number of halogens is 1. The van der Waals surface area contributed by atoms with E-state index in [0.717, 1.165) is 41.6 Å². The first-order valence-electron chi connectivity index (χ1n) is 5.91. The molecular weight excluding hydrogens is 328 g/mol. The normalized spacial score (nSPS) is 15.8. The number of aromatic nitrogens is 3. The summed E-state index contributed by atoms with van der Waals surface area (Å²) in [5, 5.41) is 3.09. The third-order valence-electron chi connectivity index (χ3n) is 3.01. The lowest BCUT2D eigenvalue weighted by Gasteiger charge is -2.35. The van der Waals surface area contributed by atoms with Crippen LogP contribution in [0.3, 0.4) is 0 Å². The number of nitrogens with zero attached hydrogens (tertiary/aromatic N) is 5. The van der Waals surface area contributed by atoms with E-state index in [4.69, 9.17) is 5.73 Å². The molecule has 0 spiro atoms. The molecule has 3 rings (SSSR count). The zero-order chi connectivity index (χ0) is 13.2. The Bertz CT molecular complexity index is 552. The Hall–Kier alpha value is -1.41. The monoisotopic (exact) mass is 340 g/mol. The molecule has 2 N–H and O–H groups in total. The summed E-state index contributed by atoms with van der Waals surface area (Å²) < 4.78 is 0.879. The van der Waals surface area contributed by atoms with Crippen LogP contribution in [-0.2, 0) is 0 Å². The van der Waals surface area contributed by atoms with Gasteiger partial charge in [0.25, 0.3) is 0 Å². The van der Waals surface area contributed by atoms with Crippen LogP contribution in [0.25, 0.3) is 0 Å². The van der Waals surface area contributed by atoms with Crippen LogP contribution >= 0.6 is 27.3 Å². The number of anilines is 3. The molecule has 1 saturated heterocycles. The van der Waals surface area contributed by atoms with Crippen molar-refractivity contribution in [3.05, 3.63) is 22.2 Å². The van der Waals surface area contributed by atoms with Crippen LogP contribution in [0.15, 0.2) is 22.2 Å². The first-order valence-corrected chi connectivity index (χ1v) is 7.59. The highest BCUT2D eigenvalue weighted by Crippen LogP contribution is 2.26. The maximum atomic E-state index is 5.65. The standard InChI is InChI=1S/C11H13BrN6S/c12-8-7-15-10(13)16-9(8)17-2-4-18(5-3-17)11-14-1-6-19-11/h1,6-7H,2-5H2,(H2,13,15,16). The first kappa shape index (κ1) is 12.6. The molecule has 6 nitrogen and oxygen atoms in total. The van der Waals surface area contributed by atoms with Gasteiger partial charge in [0.05, 0.1) is 4.47 Å². The molecule has 8 heteroatoms. The van der Waals surface area contributed by atoms with E-state index in [1.165, 1.54) is 0 Å². The van der Waals surface area contributed by atoms with Gasteiger partial charge in [0.1, 0.15) is 5.82 Å². The van der Waals surface area contributed by atoms with E-state index in [1.54, 1.807) is 17.5 Å². The predicted octanol–water partition coefficient (Wildman–Crippen LogP) is 1.60. The van der Waals surface area contributed by atoms with Crippen LogP contribution < -0.4 is 15.5 Å². The molecule has 0 saturated carbocycles. The number of piperazine rings is 1. The van der Waals surface area contributed by atoms with Crippen LogP contribution in [0.4, 0.5) is 16.9 Å². The Labute approximate surface area is 123 Å². The van der Waals surface area contributed by atoms with Crippen LogP contribution in [-0.4, -0.2) is 41.1 Å². The zero-order valence-corrected chi connectivity index (χ0v) is 12.6. The van der Waals surface area contributed by atoms with Gasteiger partial charge < -0.3 is 15.5 Å². The lowest BCUT2D eigenvalue weighted by molar-refractivity contribution is 0.644. The fourth-order valence-corrected chi connectivity index (χ4v) is 3.21. The molecule has 2 aromatic rings. The summed E-state index contributed by atoms with van der Waals surface area (Å²) in [4.78, 5) is 17.1. The van der Waals surface area contributed by atoms with Gasteiger partial charge in [-0.1, -0.05) is 0 Å². The minimum absolute atomic E-state index is 0.306. The van der Waals surface area contributed by atoms with Crippen molar-refractivity contribution in [3.8, 4) is 0 Å². The number of hydrogen-bond donors (Lipinski definition) is 1. The Balaban J connectivity index is 1.71. The van der Waals surface area contributed by atoms with Crippen molar-refractivity contribution in [2.24, 2.45) is 0 Å². The third-order valence-corrected chi connectivity index (χ3v) is 4.40. The lowest BCUT2D eigenvalue weighted by Crippen LogP contribution is -2.47. The smallest absolute Gasteiger partial charge is 0.222 e. The molecule has 3 heterocycles. The third kappa shape index (κ3) is 2.64. The van der Waals surface area contributed by atoms with Gasteiger partial charge in [0.15, 0.2) is 5.13 Å². The number of rotatable bonds is 2. The molecule has 1 aliphatic rings. The largest absolute Gasteiger partial charge is 0.368 e. The number of thiazole rings is 1. The Morgan fingerprint density at radius 3 is 2.58 bits per heavy atom. The van der Waals surface area contributed by atoms with Crippen molar-refractivity contribution < 1.29 is 0 Å². The van der Waals surface area contributed by atoms with Crippen LogP contribution in [0, 0.1) is 0 Å². The van der Waals surface area contributed by atoms with Crippen LogP contribution in [0.5, 0.6) is 0 Å². The summed E-state index contributed by atoms with van der Waals surface area (Å²) in [6, 6.07) is 0. The van der Waals surface area contributed by atoms with E-state index in [-0.39, 0.29) is 0 Å². The average molecular weight is 341 g/mol. The van der Waals surface area contributed by atoms with Crippen molar-refractivity contribution in [2.75, 3.05) is 41.7 Å². The van der Waals surface area contributed by atoms with Gasteiger partial charge in [-0.3, -0.25) is 0 Å². The molecule has 0 atom stereocenters. The van der Waals surface area contributed by atoms with E-state index in [2.05, 4.69) is 40.7 Å². The highest BCUT2D eigenvalue weighted by atomic mass is 79.9. The fourth-order valence-electron chi connectivity index (χ4n) is 2.07. The quantitative estimate of drug-likeness (QED) is 0.895. The Morgan fingerprint density at radius 2 is 1.89 bits per heavy atom. The summed E-state index contributed by atoms with van der Waals surface area (Å²) in [5.74, 6) is 1.17. The van der Waals surface area contributed by atoms with Gasteiger partial charge >= 0.3 is 0 Å². The summed E-state index contributed by atoms with van der Waals surface area (Å²) >= 11 is 5.15. The molecular formula is C11H13BrN6S. The number of nitrogen functional groups attached to an aromatic ring is 1. The molecule has 0 bridgehead atoms. The second-order valence-electron chi connectivity index (χ2n) is 4.19. The average Bonchev–Trinajstić information content (AvgIpc) is 2.96. The van der Waals surface area contributed by atoms with Crippen LogP contribution in [0.2, 0.25) is 0 Å². The molecule has 1 fully saturated rings. The highest BCUT2D eigenvalue weighted by molar-refractivity contribution is 9.10. The minimum atomic E-state index is 0.306. The molecule has 0 amide bonds. The molecule has 19 heavy (non-hydrogen) atoms. The van der Waals surface area contributed by atoms with Gasteiger partial charge in [0, 0.05) is 44.0 Å². The summed E-state index contributed by atoms with van der Waals surface area (Å²) in [6.45, 7) is 3.66. The van der Waals surface area contributed by atoms with Gasteiger partial charge in [-0.25, -0.2) is 9.97 Å². The van der Waals surface area contributed by atoms with Gasteiger partial charge in [0.2, 0.25) is 5.95 Å². The van der Waals surface area contributed by atoms with E-state index in [9.17, 15) is 0 Å². The second kappa shape index (κ2) is 5.30. The van der Waals surface area contributed by atoms with Crippen molar-refractivity contribution in [1.29, 1.82) is 0 Å². The SMILES string of the molecule is Nc1ncc(Br)c(N2CCN(c3nccs3)CC2)n1. The number of nitrogens with two attached hydrogens (primary N) is 1. The van der Waals surface area contributed by atoms with Crippen LogP contribution in [0.1, 0.15) is 0 Å². The summed E-state index contributed by atoms with van der Waals surface area (Å²) in [7, 11) is 0. The van der Waals surface area contributed by atoms with Crippen molar-refractivity contribution in [2.45, 2.75) is 0 Å². The van der Waals surface area contributed by atoms with Gasteiger partial charge in [-0.05, 0) is 15.9 Å². The van der Waals surface area contributed by atoms with Gasteiger partial charge in [-0.15, -0.1) is 11.3 Å². The zero-order valence-electron chi connectivity index (χ0n) is 10.2. The molecule has 2 aromatic heterocycles. The van der Waals surface area contributed by atoms with Gasteiger partial charge in [-0.2, -0.15) is 4.98 Å². The molecule has 0 radical (unpaired) electrons. The molecule has 0 unspecified atom stereocenters. The molecule has 100 valence electrons. The maximum absolute atomic E-state index is 5.65. The maximum Gasteiger partial charge on any atom is 0.222 e. The number of hydrogen-bond acceptors (Lipinski definition) is 7. The Kier molecular flexibility index (Phi) is 3.52. The topological polar surface area (TPSA) is 71.2 Å². The van der Waals surface area contributed by atoms with E-state index < -0.39 is 0 Å². The van der Waals surface area contributed by atoms with E-state index in [1.807, 2.05) is 11.6 Å². The predicted molar refractivity (Wildman–Crippen MR) is 80.7 cm³/mol. The molecule has 1 aliphatic heterocycles. The molecule has 0 aliphatic carbocycles. The van der Waals surface area contributed by atoms with E-state index in [0.29, 0.717) is 5.95 Å². The Morgan fingerprint density at radius 1 is 1.16 bits per heavy atom. The van der Waals surface area contributed by atoms with Crippen molar-refractivity contribution in [1.82, 2.24) is 15.0 Å². The lowest BCUT2D eigenvalue weighted by atomic mass is 10.3. The summed E-state index contributed by atoms with van der Waals surface area (Å²) in [5.41, 5.74) is 5.65. The minimum Gasteiger partial charge on any atom is -0.368 e. The van der Waals surface area contributed by atoms with E-state index >= 15 is 0 Å². The van der Waals surface area contributed by atoms with Crippen molar-refractivity contribution in [3.63, 3.8) is 0 Å². The second-order valence-corrected chi connectivity index (χ2v) is 5.92. The summed E-state index contributed by atoms with van der Waals surface area (Å²) in [6.07, 6.45) is 3.54. The first-order chi connectivity index (χ1) is 9.24.